The third-order valence-corrected chi connectivity index (χ3v) is 17.4. The van der Waals surface area contributed by atoms with Crippen molar-refractivity contribution in [1.82, 2.24) is 0 Å². The van der Waals surface area contributed by atoms with Crippen molar-refractivity contribution in [3.63, 3.8) is 0 Å². The van der Waals surface area contributed by atoms with Gasteiger partial charge in [0.2, 0.25) is 0 Å². The Morgan fingerprint density at radius 3 is 0.791 bits per heavy atom. The van der Waals surface area contributed by atoms with Crippen molar-refractivity contribution >= 4 is 39.5 Å². The van der Waals surface area contributed by atoms with E-state index in [2.05, 4.69) is 34.6 Å². The molecule has 510 valence electrons. The van der Waals surface area contributed by atoms with Crippen LogP contribution in [0.1, 0.15) is 343 Å². The van der Waals surface area contributed by atoms with Gasteiger partial charge in [-0.2, -0.15) is 0 Å². The number of ether oxygens (including phenoxy) is 4. The number of phosphoric ester groups is 2. The highest BCUT2D eigenvalue weighted by atomic mass is 31.2. The van der Waals surface area contributed by atoms with Crippen LogP contribution in [0, 0.1) is 5.92 Å². The molecule has 0 amide bonds. The summed E-state index contributed by atoms with van der Waals surface area (Å²) in [6, 6.07) is 0. The lowest BCUT2D eigenvalue weighted by Crippen LogP contribution is -2.30. The van der Waals surface area contributed by atoms with Gasteiger partial charge in [-0.1, -0.05) is 291 Å². The van der Waals surface area contributed by atoms with E-state index in [4.69, 9.17) is 37.0 Å². The highest BCUT2D eigenvalue weighted by Gasteiger charge is 2.30. The van der Waals surface area contributed by atoms with Crippen LogP contribution in [-0.4, -0.2) is 96.7 Å². The standard InChI is InChI=1S/C67H130O17P2/c1-6-9-12-15-18-20-21-22-23-24-25-30-33-38-43-48-53-67(72)84-63(57-78-65(70)51-46-41-37-32-29-27-26-28-31-35-39-44-49-60(4)5)59-82-86(75,76)80-55-61(68)54-79-85(73,74)81-58-62(56-77-64(69)50-45-40-34-17-14-11-8-3)83-66(71)52-47-42-36-19-16-13-10-7-2/h60-63,68H,6-59H2,1-5H3,(H,73,74)(H,75,76)/t61-,62+,63+/m0/s1. The Labute approximate surface area is 524 Å². The summed E-state index contributed by atoms with van der Waals surface area (Å²) in [6.07, 6.45) is 46.0. The van der Waals surface area contributed by atoms with Crippen LogP contribution in [0.3, 0.4) is 0 Å². The molecule has 0 heterocycles. The Morgan fingerprint density at radius 1 is 0.314 bits per heavy atom. The minimum atomic E-state index is -4.95. The lowest BCUT2D eigenvalue weighted by molar-refractivity contribution is -0.161. The number of aliphatic hydroxyl groups excluding tert-OH is 1. The van der Waals surface area contributed by atoms with Crippen LogP contribution in [0.5, 0.6) is 0 Å². The van der Waals surface area contributed by atoms with Gasteiger partial charge in [0.05, 0.1) is 26.4 Å². The van der Waals surface area contributed by atoms with Gasteiger partial charge < -0.3 is 33.8 Å². The maximum Gasteiger partial charge on any atom is 0.472 e. The first-order valence-electron chi connectivity index (χ1n) is 35.1. The number of unbranched alkanes of at least 4 members (excludes halogenated alkanes) is 39. The lowest BCUT2D eigenvalue weighted by Gasteiger charge is -2.21. The van der Waals surface area contributed by atoms with Crippen LogP contribution in [0.15, 0.2) is 0 Å². The van der Waals surface area contributed by atoms with E-state index < -0.39 is 97.5 Å². The minimum Gasteiger partial charge on any atom is -0.462 e. The normalized spacial score (nSPS) is 14.2. The molecule has 0 aromatic carbocycles. The van der Waals surface area contributed by atoms with Crippen molar-refractivity contribution in [3.8, 4) is 0 Å². The number of carbonyl (C=O) groups excluding carboxylic acids is 4. The van der Waals surface area contributed by atoms with Crippen molar-refractivity contribution in [3.05, 3.63) is 0 Å². The largest absolute Gasteiger partial charge is 0.472 e. The Hall–Kier alpha value is -1.94. The molecule has 0 aliphatic heterocycles. The fourth-order valence-corrected chi connectivity index (χ4v) is 11.7. The molecular weight excluding hydrogens is 1140 g/mol. The number of hydrogen-bond donors (Lipinski definition) is 3. The topological polar surface area (TPSA) is 237 Å². The third kappa shape index (κ3) is 60.9. The molecular formula is C67H130O17P2. The average molecular weight is 1270 g/mol. The van der Waals surface area contributed by atoms with Gasteiger partial charge in [-0.3, -0.25) is 37.3 Å². The van der Waals surface area contributed by atoms with Crippen LogP contribution in [0.25, 0.3) is 0 Å². The number of aliphatic hydroxyl groups is 1. The van der Waals surface area contributed by atoms with Crippen molar-refractivity contribution in [2.24, 2.45) is 5.92 Å². The van der Waals surface area contributed by atoms with E-state index in [1.807, 2.05) is 0 Å². The van der Waals surface area contributed by atoms with E-state index in [1.165, 1.54) is 148 Å². The van der Waals surface area contributed by atoms with Crippen LogP contribution >= 0.6 is 15.6 Å². The SMILES string of the molecule is CCCCCCCCCCCCCCCCCCC(=O)O[C@H](COC(=O)CCCCCCCCCCCCCCC(C)C)COP(=O)(O)OC[C@@H](O)COP(=O)(O)OC[C@@H](COC(=O)CCCCCCCCC)OC(=O)CCCCCCCCCC. The number of esters is 4. The van der Waals surface area contributed by atoms with Gasteiger partial charge in [-0.15, -0.1) is 0 Å². The molecule has 0 aromatic rings. The number of carbonyl (C=O) groups is 4. The maximum atomic E-state index is 13.0. The van der Waals surface area contributed by atoms with Gasteiger partial charge in [0, 0.05) is 25.7 Å². The van der Waals surface area contributed by atoms with E-state index in [0.29, 0.717) is 25.7 Å². The third-order valence-electron chi connectivity index (χ3n) is 15.5. The minimum absolute atomic E-state index is 0.105. The second kappa shape index (κ2) is 60.6. The summed E-state index contributed by atoms with van der Waals surface area (Å²) < 4.78 is 68.0. The summed E-state index contributed by atoms with van der Waals surface area (Å²) in [5.41, 5.74) is 0. The predicted molar refractivity (Wildman–Crippen MR) is 345 cm³/mol. The fourth-order valence-electron chi connectivity index (χ4n) is 10.1. The molecule has 17 nitrogen and oxygen atoms in total. The number of rotatable bonds is 67. The second-order valence-electron chi connectivity index (χ2n) is 24.7. The van der Waals surface area contributed by atoms with Gasteiger partial charge in [0.25, 0.3) is 0 Å². The van der Waals surface area contributed by atoms with Gasteiger partial charge >= 0.3 is 39.5 Å². The molecule has 0 aromatic heterocycles. The molecule has 5 atom stereocenters. The zero-order valence-electron chi connectivity index (χ0n) is 55.4. The summed E-state index contributed by atoms with van der Waals surface area (Å²) in [4.78, 5) is 72.2. The molecule has 3 N–H and O–H groups in total. The van der Waals surface area contributed by atoms with Crippen molar-refractivity contribution in [1.29, 1.82) is 0 Å². The number of hydrogen-bond acceptors (Lipinski definition) is 15. The fraction of sp³-hybridized carbons (Fsp3) is 0.940. The first-order chi connectivity index (χ1) is 41.5. The van der Waals surface area contributed by atoms with Gasteiger partial charge in [0.1, 0.15) is 19.3 Å². The Bertz CT molecular complexity index is 1670. The average Bonchev–Trinajstić information content (AvgIpc) is 3.65. The summed E-state index contributed by atoms with van der Waals surface area (Å²) in [5.74, 6) is -1.35. The van der Waals surface area contributed by atoms with Crippen LogP contribution in [-0.2, 0) is 65.4 Å². The first kappa shape index (κ1) is 84.1. The molecule has 0 radical (unpaired) electrons. The highest BCUT2D eigenvalue weighted by Crippen LogP contribution is 2.45. The van der Waals surface area contributed by atoms with Gasteiger partial charge in [0.15, 0.2) is 12.2 Å². The molecule has 0 fully saturated rings. The molecule has 0 bridgehead atoms. The molecule has 0 saturated carbocycles. The smallest absolute Gasteiger partial charge is 0.462 e. The van der Waals surface area contributed by atoms with Crippen molar-refractivity contribution in [2.45, 2.75) is 361 Å². The van der Waals surface area contributed by atoms with Crippen molar-refractivity contribution in [2.75, 3.05) is 39.6 Å². The Balaban J connectivity index is 5.18. The summed E-state index contributed by atoms with van der Waals surface area (Å²) >= 11 is 0. The maximum absolute atomic E-state index is 13.0. The van der Waals surface area contributed by atoms with Crippen LogP contribution < -0.4 is 0 Å². The first-order valence-corrected chi connectivity index (χ1v) is 38.1. The highest BCUT2D eigenvalue weighted by molar-refractivity contribution is 7.47. The molecule has 0 spiro atoms. The predicted octanol–water partition coefficient (Wildman–Crippen LogP) is 19.0. The van der Waals surface area contributed by atoms with Crippen LogP contribution in [0.4, 0.5) is 0 Å². The van der Waals surface area contributed by atoms with Gasteiger partial charge in [-0.05, 0) is 31.6 Å². The Morgan fingerprint density at radius 2 is 0.535 bits per heavy atom. The van der Waals surface area contributed by atoms with Crippen LogP contribution in [0.2, 0.25) is 0 Å². The zero-order valence-corrected chi connectivity index (χ0v) is 57.2. The van der Waals surface area contributed by atoms with E-state index >= 15 is 0 Å². The molecule has 2 unspecified atom stereocenters. The van der Waals surface area contributed by atoms with Gasteiger partial charge in [-0.25, -0.2) is 9.13 Å². The zero-order chi connectivity index (χ0) is 63.5. The summed E-state index contributed by atoms with van der Waals surface area (Å²) in [6.45, 7) is 7.17. The summed E-state index contributed by atoms with van der Waals surface area (Å²) in [5, 5.41) is 10.5. The molecule has 86 heavy (non-hydrogen) atoms. The number of phosphoric acid groups is 2. The molecule has 0 aliphatic carbocycles. The Kier molecular flexibility index (Phi) is 59.2. The monoisotopic (exact) mass is 1270 g/mol. The second-order valence-corrected chi connectivity index (χ2v) is 27.6. The quantitative estimate of drug-likeness (QED) is 0.0222. The molecule has 19 heteroatoms. The van der Waals surface area contributed by atoms with Crippen molar-refractivity contribution < 1.29 is 80.2 Å². The molecule has 0 aliphatic rings. The van der Waals surface area contributed by atoms with E-state index in [1.54, 1.807) is 0 Å². The molecule has 0 rings (SSSR count). The van der Waals surface area contributed by atoms with E-state index in [0.717, 1.165) is 115 Å². The molecule has 0 saturated heterocycles. The van der Waals surface area contributed by atoms with E-state index in [9.17, 15) is 43.2 Å². The van der Waals surface area contributed by atoms with E-state index in [-0.39, 0.29) is 25.7 Å². The summed E-state index contributed by atoms with van der Waals surface area (Å²) in [7, 11) is -9.88. The lowest BCUT2D eigenvalue weighted by atomic mass is 10.0.